The lowest BCUT2D eigenvalue weighted by Crippen LogP contribution is -2.39. The zero-order valence-electron chi connectivity index (χ0n) is 14.1. The quantitative estimate of drug-likeness (QED) is 0.680. The van der Waals surface area contributed by atoms with Gasteiger partial charge in [-0.1, -0.05) is 17.3 Å². The molecule has 0 aliphatic carbocycles. The molecule has 0 radical (unpaired) electrons. The molecule has 0 bridgehead atoms. The molecule has 6 heteroatoms. The van der Waals surface area contributed by atoms with Crippen molar-refractivity contribution < 1.29 is 8.91 Å². The Kier molecular flexibility index (Phi) is 5.73. The van der Waals surface area contributed by atoms with Crippen molar-refractivity contribution in [3.63, 3.8) is 0 Å². The second-order valence-electron chi connectivity index (χ2n) is 5.51. The van der Waals surface area contributed by atoms with Crippen LogP contribution < -0.4 is 5.32 Å². The van der Waals surface area contributed by atoms with Crippen LogP contribution >= 0.6 is 0 Å². The van der Waals surface area contributed by atoms with Crippen LogP contribution in [0, 0.1) is 19.7 Å². The lowest BCUT2D eigenvalue weighted by atomic mass is 10.1. The smallest absolute Gasteiger partial charge is 0.193 e. The Hall–Kier alpha value is -2.37. The Morgan fingerprint density at radius 1 is 1.30 bits per heavy atom. The molecular formula is C17H23FN4O. The molecule has 1 aromatic heterocycles. The topological polar surface area (TPSA) is 53.7 Å². The van der Waals surface area contributed by atoms with Crippen LogP contribution in [0.5, 0.6) is 0 Å². The van der Waals surface area contributed by atoms with Gasteiger partial charge < -0.3 is 14.7 Å². The van der Waals surface area contributed by atoms with Gasteiger partial charge in [-0.2, -0.15) is 0 Å². The maximum absolute atomic E-state index is 13.0. The maximum Gasteiger partial charge on any atom is 0.193 e. The van der Waals surface area contributed by atoms with Crippen LogP contribution in [0.2, 0.25) is 0 Å². The zero-order valence-corrected chi connectivity index (χ0v) is 14.1. The minimum Gasteiger partial charge on any atom is -0.361 e. The summed E-state index contributed by atoms with van der Waals surface area (Å²) < 4.78 is 18.1. The van der Waals surface area contributed by atoms with Crippen molar-refractivity contribution in [2.24, 2.45) is 4.99 Å². The van der Waals surface area contributed by atoms with Crippen LogP contribution in [0.1, 0.15) is 22.6 Å². The molecule has 0 fully saturated rings. The number of halogens is 1. The average molecular weight is 318 g/mol. The molecule has 124 valence electrons. The van der Waals surface area contributed by atoms with E-state index in [1.165, 1.54) is 12.1 Å². The summed E-state index contributed by atoms with van der Waals surface area (Å²) in [5, 5.41) is 7.28. The van der Waals surface area contributed by atoms with Gasteiger partial charge in [0.25, 0.3) is 0 Å². The third kappa shape index (κ3) is 4.55. The lowest BCUT2D eigenvalue weighted by molar-refractivity contribution is 0.392. The number of hydrogen-bond donors (Lipinski definition) is 1. The first-order chi connectivity index (χ1) is 11.0. The van der Waals surface area contributed by atoms with Crippen molar-refractivity contribution in [1.82, 2.24) is 15.4 Å². The van der Waals surface area contributed by atoms with Crippen molar-refractivity contribution in [3.8, 4) is 0 Å². The number of nitrogens with one attached hydrogen (secondary N) is 1. The van der Waals surface area contributed by atoms with E-state index in [4.69, 9.17) is 4.52 Å². The molecule has 0 saturated carbocycles. The van der Waals surface area contributed by atoms with E-state index < -0.39 is 0 Å². The molecule has 23 heavy (non-hydrogen) atoms. The fourth-order valence-electron chi connectivity index (χ4n) is 2.48. The minimum absolute atomic E-state index is 0.224. The fraction of sp³-hybridized carbons (Fsp3) is 0.412. The van der Waals surface area contributed by atoms with E-state index in [1.54, 1.807) is 19.2 Å². The molecule has 1 aromatic carbocycles. The van der Waals surface area contributed by atoms with Crippen LogP contribution in [0.25, 0.3) is 0 Å². The maximum atomic E-state index is 13.0. The van der Waals surface area contributed by atoms with Crippen LogP contribution in [-0.4, -0.2) is 36.7 Å². The molecule has 0 unspecified atom stereocenters. The molecule has 0 amide bonds. The van der Waals surface area contributed by atoms with Gasteiger partial charge in [-0.3, -0.25) is 4.99 Å². The number of rotatable bonds is 5. The first-order valence-electron chi connectivity index (χ1n) is 7.59. The summed E-state index contributed by atoms with van der Waals surface area (Å²) in [4.78, 5) is 6.28. The predicted molar refractivity (Wildman–Crippen MR) is 88.9 cm³/mol. The first-order valence-corrected chi connectivity index (χ1v) is 7.59. The zero-order chi connectivity index (χ0) is 16.8. The SMILES string of the molecule is CN=C(NCCc1c(C)noc1C)N(C)Cc1ccc(F)cc1. The Bertz CT molecular complexity index is 644. The summed E-state index contributed by atoms with van der Waals surface area (Å²) in [6, 6.07) is 6.50. The van der Waals surface area contributed by atoms with Gasteiger partial charge in [0.1, 0.15) is 11.6 Å². The van der Waals surface area contributed by atoms with Crippen molar-refractivity contribution in [2.75, 3.05) is 20.6 Å². The summed E-state index contributed by atoms with van der Waals surface area (Å²) in [5.74, 6) is 1.43. The van der Waals surface area contributed by atoms with Crippen molar-refractivity contribution in [1.29, 1.82) is 0 Å². The lowest BCUT2D eigenvalue weighted by Gasteiger charge is -2.22. The van der Waals surface area contributed by atoms with E-state index in [-0.39, 0.29) is 5.82 Å². The Morgan fingerprint density at radius 3 is 2.57 bits per heavy atom. The van der Waals surface area contributed by atoms with E-state index in [1.807, 2.05) is 25.8 Å². The predicted octanol–water partition coefficient (Wildman–Crippen LogP) is 2.68. The Labute approximate surface area is 136 Å². The highest BCUT2D eigenvalue weighted by molar-refractivity contribution is 5.79. The van der Waals surface area contributed by atoms with Crippen LogP contribution in [0.4, 0.5) is 4.39 Å². The Morgan fingerprint density at radius 2 is 2.00 bits per heavy atom. The number of aliphatic imine (C=N–C) groups is 1. The highest BCUT2D eigenvalue weighted by Crippen LogP contribution is 2.12. The van der Waals surface area contributed by atoms with Gasteiger partial charge in [0, 0.05) is 32.7 Å². The number of benzene rings is 1. The average Bonchev–Trinajstić information content (AvgIpc) is 2.85. The van der Waals surface area contributed by atoms with Crippen molar-refractivity contribution in [2.45, 2.75) is 26.8 Å². The normalized spacial score (nSPS) is 11.6. The minimum atomic E-state index is -0.224. The summed E-state index contributed by atoms with van der Waals surface area (Å²) in [7, 11) is 3.70. The largest absolute Gasteiger partial charge is 0.361 e. The van der Waals surface area contributed by atoms with Crippen molar-refractivity contribution in [3.05, 3.63) is 52.7 Å². The molecule has 1 heterocycles. The van der Waals surface area contributed by atoms with E-state index in [2.05, 4.69) is 15.5 Å². The summed E-state index contributed by atoms with van der Waals surface area (Å²) in [6.45, 7) is 5.26. The van der Waals surface area contributed by atoms with E-state index in [0.717, 1.165) is 41.5 Å². The molecular weight excluding hydrogens is 295 g/mol. The molecule has 0 aliphatic heterocycles. The van der Waals surface area contributed by atoms with Gasteiger partial charge in [0.15, 0.2) is 5.96 Å². The second kappa shape index (κ2) is 7.76. The Balaban J connectivity index is 1.88. The second-order valence-corrected chi connectivity index (χ2v) is 5.51. The van der Waals surface area contributed by atoms with Gasteiger partial charge in [-0.25, -0.2) is 4.39 Å². The number of aromatic nitrogens is 1. The van der Waals surface area contributed by atoms with Crippen LogP contribution in [0.15, 0.2) is 33.8 Å². The summed E-state index contributed by atoms with van der Waals surface area (Å²) in [5.41, 5.74) is 3.09. The van der Waals surface area contributed by atoms with Gasteiger partial charge in [0.2, 0.25) is 0 Å². The molecule has 0 saturated heterocycles. The number of guanidine groups is 1. The fourth-order valence-corrected chi connectivity index (χ4v) is 2.48. The number of hydrogen-bond acceptors (Lipinski definition) is 3. The number of nitrogens with zero attached hydrogens (tertiary/aromatic N) is 3. The van der Waals surface area contributed by atoms with Gasteiger partial charge >= 0.3 is 0 Å². The first kappa shape index (κ1) is 17.0. The van der Waals surface area contributed by atoms with Gasteiger partial charge in [-0.15, -0.1) is 0 Å². The van der Waals surface area contributed by atoms with E-state index in [0.29, 0.717) is 6.54 Å². The van der Waals surface area contributed by atoms with Gasteiger partial charge in [-0.05, 0) is 38.0 Å². The van der Waals surface area contributed by atoms with Crippen LogP contribution in [0.3, 0.4) is 0 Å². The summed E-state index contributed by atoms with van der Waals surface area (Å²) in [6.07, 6.45) is 0.824. The molecule has 2 aromatic rings. The monoisotopic (exact) mass is 318 g/mol. The molecule has 1 N–H and O–H groups in total. The highest BCUT2D eigenvalue weighted by Gasteiger charge is 2.10. The third-order valence-corrected chi connectivity index (χ3v) is 3.75. The standard InChI is InChI=1S/C17H23FN4O/c1-12-16(13(2)23-21-12)9-10-20-17(19-3)22(4)11-14-5-7-15(18)8-6-14/h5-8H,9-11H2,1-4H3,(H,19,20). The molecule has 0 atom stereocenters. The van der Waals surface area contributed by atoms with Crippen LogP contribution in [-0.2, 0) is 13.0 Å². The third-order valence-electron chi connectivity index (χ3n) is 3.75. The van der Waals surface area contributed by atoms with E-state index in [9.17, 15) is 4.39 Å². The molecule has 2 rings (SSSR count). The highest BCUT2D eigenvalue weighted by atomic mass is 19.1. The molecule has 5 nitrogen and oxygen atoms in total. The van der Waals surface area contributed by atoms with Crippen molar-refractivity contribution >= 4 is 5.96 Å². The number of aryl methyl sites for hydroxylation is 2. The van der Waals surface area contributed by atoms with E-state index >= 15 is 0 Å². The molecule has 0 spiro atoms. The molecule has 0 aliphatic rings. The summed E-state index contributed by atoms with van der Waals surface area (Å²) >= 11 is 0. The van der Waals surface area contributed by atoms with Gasteiger partial charge in [0.05, 0.1) is 5.69 Å².